The molecule has 0 fully saturated rings. The lowest BCUT2D eigenvalue weighted by Gasteiger charge is -2.34. The molecule has 0 saturated carbocycles. The topological polar surface area (TPSA) is 86.8 Å². The molecule has 3 rings (SSSR count). The largest absolute Gasteiger partial charge is 0.350 e. The van der Waals surface area contributed by atoms with Gasteiger partial charge in [-0.1, -0.05) is 72.6 Å². The number of nitrogens with zero attached hydrogens (tertiary/aromatic N) is 2. The Morgan fingerprint density at radius 1 is 0.925 bits per heavy atom. The summed E-state index contributed by atoms with van der Waals surface area (Å²) < 4.78 is 29.0. The number of aryl methyl sites for hydroxylation is 1. The Hall–Kier alpha value is -3.07. The fourth-order valence-electron chi connectivity index (χ4n) is 4.18. The van der Waals surface area contributed by atoms with Gasteiger partial charge in [-0.25, -0.2) is 8.42 Å². The van der Waals surface area contributed by atoms with E-state index < -0.39 is 34.1 Å². The molecule has 0 aliphatic heterocycles. The number of para-hydroxylation sites is 1. The van der Waals surface area contributed by atoms with E-state index in [2.05, 4.69) is 5.32 Å². The normalized spacial score (nSPS) is 12.5. The van der Waals surface area contributed by atoms with E-state index in [1.54, 1.807) is 55.5 Å². The molecule has 0 bridgehead atoms. The van der Waals surface area contributed by atoms with E-state index in [4.69, 9.17) is 23.2 Å². The molecular weight excluding hydrogens is 569 g/mol. The number of rotatable bonds is 10. The second-order valence-corrected chi connectivity index (χ2v) is 13.2. The number of benzene rings is 3. The smallest absolute Gasteiger partial charge is 0.264 e. The van der Waals surface area contributed by atoms with Crippen molar-refractivity contribution in [3.63, 3.8) is 0 Å². The van der Waals surface area contributed by atoms with Gasteiger partial charge in [0.05, 0.1) is 10.6 Å². The average molecular weight is 605 g/mol. The highest BCUT2D eigenvalue weighted by molar-refractivity contribution is 7.92. The van der Waals surface area contributed by atoms with Crippen LogP contribution in [0.25, 0.3) is 0 Å². The lowest BCUT2D eigenvalue weighted by Crippen LogP contribution is -2.54. The van der Waals surface area contributed by atoms with Crippen LogP contribution in [-0.4, -0.2) is 43.3 Å². The molecule has 0 aliphatic carbocycles. The highest BCUT2D eigenvalue weighted by Crippen LogP contribution is 2.29. The number of sulfonamides is 1. The van der Waals surface area contributed by atoms with Crippen molar-refractivity contribution in [2.24, 2.45) is 0 Å². The molecule has 3 aromatic rings. The molecule has 0 spiro atoms. The number of halogens is 2. The first kappa shape index (κ1) is 31.5. The van der Waals surface area contributed by atoms with Crippen LogP contribution in [0.15, 0.2) is 77.7 Å². The van der Waals surface area contributed by atoms with Crippen LogP contribution in [0.4, 0.5) is 5.69 Å². The van der Waals surface area contributed by atoms with E-state index in [-0.39, 0.29) is 17.3 Å². The van der Waals surface area contributed by atoms with Crippen LogP contribution in [0.5, 0.6) is 0 Å². The minimum absolute atomic E-state index is 0.0256. The third-order valence-electron chi connectivity index (χ3n) is 6.27. The Bertz CT molecular complexity index is 1460. The molecule has 1 atom stereocenters. The fourth-order valence-corrected chi connectivity index (χ4v) is 6.12. The zero-order valence-corrected chi connectivity index (χ0v) is 25.6. The van der Waals surface area contributed by atoms with Gasteiger partial charge in [0.2, 0.25) is 11.8 Å². The lowest BCUT2D eigenvalue weighted by atomic mass is 10.1. The van der Waals surface area contributed by atoms with Crippen molar-refractivity contribution in [3.05, 3.63) is 94.0 Å². The number of hydrogen-bond acceptors (Lipinski definition) is 4. The summed E-state index contributed by atoms with van der Waals surface area (Å²) >= 11 is 12.5. The summed E-state index contributed by atoms with van der Waals surface area (Å²) in [5.74, 6) is -0.939. The molecule has 40 heavy (non-hydrogen) atoms. The van der Waals surface area contributed by atoms with Gasteiger partial charge in [-0.05, 0) is 75.6 Å². The molecule has 3 aromatic carbocycles. The van der Waals surface area contributed by atoms with E-state index >= 15 is 0 Å². The van der Waals surface area contributed by atoms with Crippen molar-refractivity contribution in [3.8, 4) is 0 Å². The number of amides is 2. The van der Waals surface area contributed by atoms with Crippen molar-refractivity contribution in [2.75, 3.05) is 10.8 Å². The number of carbonyl (C=O) groups excluding carboxylic acids is 2. The zero-order chi connectivity index (χ0) is 29.7. The van der Waals surface area contributed by atoms with Gasteiger partial charge >= 0.3 is 0 Å². The summed E-state index contributed by atoms with van der Waals surface area (Å²) in [5, 5.41) is 3.67. The molecule has 7 nitrogen and oxygen atoms in total. The summed E-state index contributed by atoms with van der Waals surface area (Å²) in [6.45, 7) is 8.51. The predicted molar refractivity (Wildman–Crippen MR) is 161 cm³/mol. The van der Waals surface area contributed by atoms with Gasteiger partial charge in [-0.2, -0.15) is 0 Å². The van der Waals surface area contributed by atoms with E-state index in [9.17, 15) is 18.0 Å². The Kier molecular flexibility index (Phi) is 10.3. The third kappa shape index (κ3) is 7.77. The van der Waals surface area contributed by atoms with Crippen LogP contribution < -0.4 is 9.62 Å². The Labute approximate surface area is 247 Å². The van der Waals surface area contributed by atoms with Crippen molar-refractivity contribution in [1.82, 2.24) is 10.2 Å². The average Bonchev–Trinajstić information content (AvgIpc) is 2.90. The molecule has 0 saturated heterocycles. The number of nitrogens with one attached hydrogen (secondary N) is 1. The van der Waals surface area contributed by atoms with Gasteiger partial charge < -0.3 is 10.2 Å². The van der Waals surface area contributed by atoms with Gasteiger partial charge in [0.15, 0.2) is 0 Å². The molecule has 0 aliphatic rings. The van der Waals surface area contributed by atoms with E-state index in [1.807, 2.05) is 39.8 Å². The Morgan fingerprint density at radius 2 is 1.55 bits per heavy atom. The second kappa shape index (κ2) is 13.1. The van der Waals surface area contributed by atoms with E-state index in [0.717, 1.165) is 9.87 Å². The summed E-state index contributed by atoms with van der Waals surface area (Å²) in [6, 6.07) is 19.0. The standard InChI is InChI=1S/C30H35Cl2N3O4S/c1-6-22-12-10-11-15-27(22)35(40(38,39)25-13-8-7-9-14-25)20-28(36)34(21(2)29(37)33-30(3,4)5)19-23-16-17-24(31)18-26(23)32/h7-18,21H,6,19-20H2,1-5H3,(H,33,37). The summed E-state index contributed by atoms with van der Waals surface area (Å²) in [5.41, 5.74) is 1.20. The first-order chi connectivity index (χ1) is 18.7. The molecule has 214 valence electrons. The van der Waals surface area contributed by atoms with E-state index in [1.165, 1.54) is 17.0 Å². The third-order valence-corrected chi connectivity index (χ3v) is 8.63. The molecular formula is C30H35Cl2N3O4S. The summed E-state index contributed by atoms with van der Waals surface area (Å²) in [7, 11) is -4.13. The minimum atomic E-state index is -4.13. The minimum Gasteiger partial charge on any atom is -0.350 e. The number of anilines is 1. The first-order valence-corrected chi connectivity index (χ1v) is 15.1. The summed E-state index contributed by atoms with van der Waals surface area (Å²) in [6.07, 6.45) is 0.555. The molecule has 2 amide bonds. The molecule has 0 radical (unpaired) electrons. The maximum absolute atomic E-state index is 14.1. The van der Waals surface area contributed by atoms with Crippen LogP contribution in [0.2, 0.25) is 10.0 Å². The highest BCUT2D eigenvalue weighted by Gasteiger charge is 2.34. The second-order valence-electron chi connectivity index (χ2n) is 10.5. The van der Waals surface area contributed by atoms with Crippen LogP contribution in [0.3, 0.4) is 0 Å². The van der Waals surface area contributed by atoms with Crippen molar-refractivity contribution in [2.45, 2.75) is 64.1 Å². The van der Waals surface area contributed by atoms with Crippen LogP contribution in [-0.2, 0) is 32.6 Å². The molecule has 0 heterocycles. The molecule has 1 N–H and O–H groups in total. The molecule has 10 heteroatoms. The van der Waals surface area contributed by atoms with Gasteiger partial charge in [0.1, 0.15) is 12.6 Å². The van der Waals surface area contributed by atoms with Crippen molar-refractivity contribution in [1.29, 1.82) is 0 Å². The zero-order valence-electron chi connectivity index (χ0n) is 23.3. The van der Waals surface area contributed by atoms with Gasteiger partial charge in [-0.15, -0.1) is 0 Å². The molecule has 0 aromatic heterocycles. The van der Waals surface area contributed by atoms with Crippen LogP contribution >= 0.6 is 23.2 Å². The fraction of sp³-hybridized carbons (Fsp3) is 0.333. The maximum atomic E-state index is 14.1. The highest BCUT2D eigenvalue weighted by atomic mass is 35.5. The SMILES string of the molecule is CCc1ccccc1N(CC(=O)N(Cc1ccc(Cl)cc1Cl)C(C)C(=O)NC(C)(C)C)S(=O)(=O)c1ccccc1. The monoisotopic (exact) mass is 603 g/mol. The summed E-state index contributed by atoms with van der Waals surface area (Å²) in [4.78, 5) is 28.7. The van der Waals surface area contributed by atoms with Gasteiger partial charge in [0.25, 0.3) is 10.0 Å². The Balaban J connectivity index is 2.09. The maximum Gasteiger partial charge on any atom is 0.264 e. The lowest BCUT2D eigenvalue weighted by molar-refractivity contribution is -0.140. The number of hydrogen-bond donors (Lipinski definition) is 1. The van der Waals surface area contributed by atoms with Crippen molar-refractivity contribution >= 4 is 50.7 Å². The van der Waals surface area contributed by atoms with Gasteiger partial charge in [-0.3, -0.25) is 13.9 Å². The predicted octanol–water partition coefficient (Wildman–Crippen LogP) is 6.08. The Morgan fingerprint density at radius 3 is 2.15 bits per heavy atom. The van der Waals surface area contributed by atoms with E-state index in [0.29, 0.717) is 27.7 Å². The quantitative estimate of drug-likeness (QED) is 0.304. The first-order valence-electron chi connectivity index (χ1n) is 13.0. The van der Waals surface area contributed by atoms with Gasteiger partial charge in [0, 0.05) is 22.1 Å². The molecule has 1 unspecified atom stereocenters. The van der Waals surface area contributed by atoms with Crippen LogP contribution in [0.1, 0.15) is 45.7 Å². The van der Waals surface area contributed by atoms with Crippen LogP contribution in [0, 0.1) is 0 Å². The number of carbonyl (C=O) groups is 2. The van der Waals surface area contributed by atoms with Crippen molar-refractivity contribution < 1.29 is 18.0 Å².